The van der Waals surface area contributed by atoms with Crippen molar-refractivity contribution in [3.05, 3.63) is 57.0 Å². The van der Waals surface area contributed by atoms with Gasteiger partial charge in [0.05, 0.1) is 26.3 Å². The molecule has 0 saturated heterocycles. The molecule has 0 radical (unpaired) electrons. The van der Waals surface area contributed by atoms with Gasteiger partial charge in [-0.1, -0.05) is 46.9 Å². The molecule has 5 nitrogen and oxygen atoms in total. The summed E-state index contributed by atoms with van der Waals surface area (Å²) < 4.78 is 43.6. The number of hydrogen-bond donors (Lipinski definition) is 2. The van der Waals surface area contributed by atoms with E-state index in [2.05, 4.69) is 26.0 Å². The Labute approximate surface area is 180 Å². The van der Waals surface area contributed by atoms with Crippen LogP contribution in [0, 0.1) is 0 Å². The first kappa shape index (κ1) is 22.6. The summed E-state index contributed by atoms with van der Waals surface area (Å²) in [7, 11) is 0. The maximum Gasteiger partial charge on any atom is 0.440 e. The van der Waals surface area contributed by atoms with Gasteiger partial charge in [-0.2, -0.15) is 8.78 Å². The minimum atomic E-state index is -4.21. The first-order chi connectivity index (χ1) is 13.0. The Balaban J connectivity index is 2.12. The number of rotatable bonds is 5. The number of benzene rings is 2. The number of carbonyl (C=O) groups excluding carboxylic acids is 2. The smallest absolute Gasteiger partial charge is 0.428 e. The monoisotopic (exact) mass is 518 g/mol. The number of alkyl halides is 4. The SMILES string of the molecule is O=C(NC(=O)c1ccccc1Cl)Nc1cc(Cl)c(OC(F)(F)C(F)Br)cc1Cl. The van der Waals surface area contributed by atoms with Crippen molar-refractivity contribution in [3.8, 4) is 5.75 Å². The van der Waals surface area contributed by atoms with Crippen LogP contribution in [0.4, 0.5) is 23.7 Å². The number of anilines is 1. The van der Waals surface area contributed by atoms with Crippen LogP contribution in [0.2, 0.25) is 15.1 Å². The summed E-state index contributed by atoms with van der Waals surface area (Å²) in [6, 6.07) is 6.91. The van der Waals surface area contributed by atoms with Crippen LogP contribution < -0.4 is 15.4 Å². The summed E-state index contributed by atoms with van der Waals surface area (Å²) >= 11 is 19.6. The van der Waals surface area contributed by atoms with E-state index in [1.54, 1.807) is 12.1 Å². The van der Waals surface area contributed by atoms with E-state index in [-0.39, 0.29) is 26.3 Å². The molecule has 0 saturated carbocycles. The average molecular weight is 521 g/mol. The molecule has 0 spiro atoms. The van der Waals surface area contributed by atoms with E-state index in [0.717, 1.165) is 12.1 Å². The number of carbonyl (C=O) groups is 2. The van der Waals surface area contributed by atoms with Gasteiger partial charge in [-0.15, -0.1) is 0 Å². The zero-order chi connectivity index (χ0) is 21.1. The van der Waals surface area contributed by atoms with Gasteiger partial charge in [-0.3, -0.25) is 10.1 Å². The number of halogens is 7. The largest absolute Gasteiger partial charge is 0.440 e. The number of nitrogens with one attached hydrogen (secondary N) is 2. The van der Waals surface area contributed by atoms with Gasteiger partial charge in [-0.25, -0.2) is 9.18 Å². The van der Waals surface area contributed by atoms with Crippen molar-refractivity contribution in [3.63, 3.8) is 0 Å². The van der Waals surface area contributed by atoms with Crippen molar-refractivity contribution >= 4 is 68.4 Å². The van der Waals surface area contributed by atoms with Crippen molar-refractivity contribution in [2.75, 3.05) is 5.32 Å². The minimum Gasteiger partial charge on any atom is -0.428 e. The molecule has 0 aliphatic heterocycles. The fourth-order valence-electron chi connectivity index (χ4n) is 1.86. The van der Waals surface area contributed by atoms with E-state index in [1.165, 1.54) is 12.1 Å². The van der Waals surface area contributed by atoms with E-state index in [0.29, 0.717) is 0 Å². The molecule has 0 bridgehead atoms. The molecular formula is C16H9BrCl3F3N2O3. The van der Waals surface area contributed by atoms with Gasteiger partial charge in [0.2, 0.25) is 0 Å². The van der Waals surface area contributed by atoms with Crippen LogP contribution in [0.5, 0.6) is 5.75 Å². The zero-order valence-corrected chi connectivity index (χ0v) is 17.3. The highest BCUT2D eigenvalue weighted by Gasteiger charge is 2.42. The number of ether oxygens (including phenoxy) is 1. The summed E-state index contributed by atoms with van der Waals surface area (Å²) in [5.41, 5.74) is -0.0487. The number of amides is 3. The summed E-state index contributed by atoms with van der Waals surface area (Å²) in [6.07, 6.45) is -4.21. The third-order valence-corrected chi connectivity index (χ3v) is 4.59. The molecule has 1 unspecified atom stereocenters. The molecule has 0 aliphatic rings. The zero-order valence-electron chi connectivity index (χ0n) is 13.4. The lowest BCUT2D eigenvalue weighted by atomic mass is 10.2. The van der Waals surface area contributed by atoms with Gasteiger partial charge in [0.25, 0.3) is 11.0 Å². The Kier molecular flexibility index (Phi) is 7.44. The molecule has 12 heteroatoms. The molecule has 2 N–H and O–H groups in total. The topological polar surface area (TPSA) is 67.4 Å². The third kappa shape index (κ3) is 5.66. The molecule has 0 heterocycles. The van der Waals surface area contributed by atoms with E-state index >= 15 is 0 Å². The van der Waals surface area contributed by atoms with Crippen LogP contribution in [0.15, 0.2) is 36.4 Å². The maximum atomic E-state index is 13.3. The van der Waals surface area contributed by atoms with Crippen LogP contribution in [-0.4, -0.2) is 23.1 Å². The molecule has 28 heavy (non-hydrogen) atoms. The lowest BCUT2D eigenvalue weighted by Crippen LogP contribution is -2.34. The van der Waals surface area contributed by atoms with Crippen molar-refractivity contribution < 1.29 is 27.5 Å². The van der Waals surface area contributed by atoms with Crippen LogP contribution in [0.3, 0.4) is 0 Å². The second kappa shape index (κ2) is 9.21. The Morgan fingerprint density at radius 2 is 1.71 bits per heavy atom. The molecule has 150 valence electrons. The standard InChI is InChI=1S/C16H9BrCl3F3N2O3/c17-14(21)16(22,23)28-12-6-9(19)11(5-10(12)20)24-15(27)25-13(26)7-3-1-2-4-8(7)18/h1-6,14H,(H2,24,25,26,27). The quantitative estimate of drug-likeness (QED) is 0.457. The Bertz CT molecular complexity index is 916. The van der Waals surface area contributed by atoms with Gasteiger partial charge in [0.15, 0.2) is 0 Å². The molecule has 2 aromatic carbocycles. The molecule has 0 aromatic heterocycles. The van der Waals surface area contributed by atoms with Crippen molar-refractivity contribution in [2.24, 2.45) is 0 Å². The lowest BCUT2D eigenvalue weighted by molar-refractivity contribution is -0.195. The maximum absolute atomic E-state index is 13.3. The first-order valence-electron chi connectivity index (χ1n) is 7.22. The summed E-state index contributed by atoms with van der Waals surface area (Å²) in [6.45, 7) is 0. The van der Waals surface area contributed by atoms with Gasteiger partial charge >= 0.3 is 12.1 Å². The van der Waals surface area contributed by atoms with Gasteiger partial charge in [0.1, 0.15) is 5.75 Å². The predicted octanol–water partition coefficient (Wildman–Crippen LogP) is 6.27. The molecule has 1 atom stereocenters. The van der Waals surface area contributed by atoms with Crippen LogP contribution in [-0.2, 0) is 0 Å². The Hall–Kier alpha value is -1.68. The number of urea groups is 1. The second-order valence-corrected chi connectivity index (χ2v) is 7.14. The Morgan fingerprint density at radius 1 is 1.07 bits per heavy atom. The van der Waals surface area contributed by atoms with Gasteiger partial charge in [0, 0.05) is 6.07 Å². The van der Waals surface area contributed by atoms with Crippen molar-refractivity contribution in [2.45, 2.75) is 11.2 Å². The molecular weight excluding hydrogens is 511 g/mol. The van der Waals surface area contributed by atoms with Crippen molar-refractivity contribution in [1.82, 2.24) is 5.32 Å². The van der Waals surface area contributed by atoms with E-state index < -0.39 is 28.9 Å². The molecule has 0 fully saturated rings. The molecule has 0 aliphatic carbocycles. The normalized spacial score (nSPS) is 12.2. The van der Waals surface area contributed by atoms with Crippen LogP contribution in [0.1, 0.15) is 10.4 Å². The van der Waals surface area contributed by atoms with Gasteiger partial charge < -0.3 is 10.1 Å². The average Bonchev–Trinajstić information content (AvgIpc) is 2.59. The Morgan fingerprint density at radius 3 is 2.32 bits per heavy atom. The summed E-state index contributed by atoms with van der Waals surface area (Å²) in [5.74, 6) is -1.40. The lowest BCUT2D eigenvalue weighted by Gasteiger charge is -2.19. The fraction of sp³-hybridized carbons (Fsp3) is 0.125. The van der Waals surface area contributed by atoms with E-state index in [9.17, 15) is 22.8 Å². The van der Waals surface area contributed by atoms with Gasteiger partial charge in [-0.05, 0) is 34.1 Å². The minimum absolute atomic E-state index is 0.0602. The highest BCUT2D eigenvalue weighted by molar-refractivity contribution is 9.09. The van der Waals surface area contributed by atoms with E-state index in [1.807, 2.05) is 5.32 Å². The predicted molar refractivity (Wildman–Crippen MR) is 104 cm³/mol. The van der Waals surface area contributed by atoms with E-state index in [4.69, 9.17) is 34.8 Å². The van der Waals surface area contributed by atoms with Crippen molar-refractivity contribution in [1.29, 1.82) is 0 Å². The van der Waals surface area contributed by atoms with Crippen LogP contribution >= 0.6 is 50.7 Å². The highest BCUT2D eigenvalue weighted by atomic mass is 79.9. The molecule has 3 amide bonds. The summed E-state index contributed by atoms with van der Waals surface area (Å²) in [4.78, 5) is 24.0. The fourth-order valence-corrected chi connectivity index (χ4v) is 2.58. The number of hydrogen-bond acceptors (Lipinski definition) is 3. The summed E-state index contributed by atoms with van der Waals surface area (Å²) in [5, 5.41) is 0.962. The van der Waals surface area contributed by atoms with Crippen LogP contribution in [0.25, 0.3) is 0 Å². The molecule has 2 aromatic rings. The number of imide groups is 1. The third-order valence-electron chi connectivity index (χ3n) is 3.12. The first-order valence-corrected chi connectivity index (χ1v) is 9.27. The molecule has 2 rings (SSSR count). The second-order valence-electron chi connectivity index (χ2n) is 5.12. The highest BCUT2D eigenvalue weighted by Crippen LogP contribution is 2.38.